The van der Waals surface area contributed by atoms with E-state index < -0.39 is 0 Å². The van der Waals surface area contributed by atoms with Gasteiger partial charge < -0.3 is 10.1 Å². The molecule has 1 aromatic rings. The highest BCUT2D eigenvalue weighted by molar-refractivity contribution is 5.16. The maximum atomic E-state index is 5.67. The van der Waals surface area contributed by atoms with Gasteiger partial charge in [0.1, 0.15) is 0 Å². The number of hydrogen-bond donors (Lipinski definition) is 1. The van der Waals surface area contributed by atoms with Crippen LogP contribution in [0.5, 0.6) is 0 Å². The van der Waals surface area contributed by atoms with Gasteiger partial charge in [0.25, 0.3) is 0 Å². The predicted octanol–water partition coefficient (Wildman–Crippen LogP) is 2.63. The molecule has 3 unspecified atom stereocenters. The highest BCUT2D eigenvalue weighted by Crippen LogP contribution is 2.31. The summed E-state index contributed by atoms with van der Waals surface area (Å²) in [7, 11) is 0. The van der Waals surface area contributed by atoms with Crippen LogP contribution in [0, 0.1) is 11.8 Å². The second kappa shape index (κ2) is 5.85. The summed E-state index contributed by atoms with van der Waals surface area (Å²) in [4.78, 5) is 0. The minimum absolute atomic E-state index is 0.652. The lowest BCUT2D eigenvalue weighted by molar-refractivity contribution is 0.0279. The lowest BCUT2D eigenvalue weighted by Crippen LogP contribution is -2.36. The molecule has 2 aliphatic rings. The first-order valence-electron chi connectivity index (χ1n) is 7.28. The Balaban J connectivity index is 1.63. The summed E-state index contributed by atoms with van der Waals surface area (Å²) in [6, 6.07) is 11.5. The second-order valence-electron chi connectivity index (χ2n) is 5.68. The summed E-state index contributed by atoms with van der Waals surface area (Å²) in [5.74, 6) is 1.59. The first-order valence-corrected chi connectivity index (χ1v) is 7.28. The van der Waals surface area contributed by atoms with Crippen LogP contribution in [0.4, 0.5) is 0 Å². The average molecular weight is 245 g/mol. The molecule has 3 rings (SSSR count). The van der Waals surface area contributed by atoms with E-state index in [2.05, 4.69) is 35.6 Å². The maximum absolute atomic E-state index is 5.67. The normalized spacial score (nSPS) is 32.6. The van der Waals surface area contributed by atoms with E-state index in [9.17, 15) is 0 Å². The third-order valence-corrected chi connectivity index (χ3v) is 4.50. The van der Waals surface area contributed by atoms with Crippen molar-refractivity contribution in [3.63, 3.8) is 0 Å². The van der Waals surface area contributed by atoms with Gasteiger partial charge in [0, 0.05) is 19.3 Å². The Bertz CT molecular complexity index is 359. The van der Waals surface area contributed by atoms with Crippen LogP contribution in [0.25, 0.3) is 0 Å². The first kappa shape index (κ1) is 12.2. The van der Waals surface area contributed by atoms with Crippen LogP contribution in [0.3, 0.4) is 0 Å². The van der Waals surface area contributed by atoms with Crippen LogP contribution < -0.4 is 5.32 Å². The molecule has 0 saturated carbocycles. The van der Waals surface area contributed by atoms with E-state index in [0.717, 1.165) is 25.0 Å². The van der Waals surface area contributed by atoms with Crippen molar-refractivity contribution in [3.05, 3.63) is 35.9 Å². The van der Waals surface area contributed by atoms with Crippen molar-refractivity contribution < 1.29 is 4.74 Å². The van der Waals surface area contributed by atoms with E-state index in [-0.39, 0.29) is 0 Å². The zero-order valence-corrected chi connectivity index (χ0v) is 11.0. The minimum atomic E-state index is 0.652. The van der Waals surface area contributed by atoms with Crippen molar-refractivity contribution in [2.75, 3.05) is 19.8 Å². The molecule has 2 saturated heterocycles. The van der Waals surface area contributed by atoms with Crippen LogP contribution in [0.1, 0.15) is 24.8 Å². The molecule has 18 heavy (non-hydrogen) atoms. The molecule has 0 aliphatic carbocycles. The number of benzene rings is 1. The molecule has 0 amide bonds. The van der Waals surface area contributed by atoms with Crippen LogP contribution in [-0.2, 0) is 11.2 Å². The number of hydrogen-bond acceptors (Lipinski definition) is 2. The predicted molar refractivity (Wildman–Crippen MR) is 73.6 cm³/mol. The Morgan fingerprint density at radius 2 is 2.06 bits per heavy atom. The summed E-state index contributed by atoms with van der Waals surface area (Å²) in [5, 5.41) is 3.70. The van der Waals surface area contributed by atoms with E-state index in [1.54, 1.807) is 0 Å². The fourth-order valence-electron chi connectivity index (χ4n) is 3.55. The van der Waals surface area contributed by atoms with Gasteiger partial charge in [-0.1, -0.05) is 30.3 Å². The fourth-order valence-corrected chi connectivity index (χ4v) is 3.55. The molecule has 2 heteroatoms. The molecule has 1 N–H and O–H groups in total. The van der Waals surface area contributed by atoms with Gasteiger partial charge in [0.2, 0.25) is 0 Å². The van der Waals surface area contributed by atoms with E-state index in [1.807, 2.05) is 0 Å². The summed E-state index contributed by atoms with van der Waals surface area (Å²) in [5.41, 5.74) is 1.46. The molecule has 2 aliphatic heterocycles. The number of nitrogens with one attached hydrogen (secondary N) is 1. The highest BCUT2D eigenvalue weighted by Gasteiger charge is 2.34. The lowest BCUT2D eigenvalue weighted by atomic mass is 9.81. The van der Waals surface area contributed by atoms with Gasteiger partial charge >= 0.3 is 0 Å². The topological polar surface area (TPSA) is 21.3 Å². The largest absolute Gasteiger partial charge is 0.381 e. The molecule has 0 radical (unpaired) electrons. The van der Waals surface area contributed by atoms with Crippen molar-refractivity contribution in [3.8, 4) is 0 Å². The zero-order valence-electron chi connectivity index (χ0n) is 11.0. The summed E-state index contributed by atoms with van der Waals surface area (Å²) in [6.07, 6.45) is 5.10. The Labute approximate surface area is 110 Å². The molecule has 0 spiro atoms. The third-order valence-electron chi connectivity index (χ3n) is 4.50. The van der Waals surface area contributed by atoms with Gasteiger partial charge in [-0.25, -0.2) is 0 Å². The van der Waals surface area contributed by atoms with Gasteiger partial charge in [-0.15, -0.1) is 0 Å². The summed E-state index contributed by atoms with van der Waals surface area (Å²) < 4.78 is 5.67. The standard InChI is InChI=1S/C16H23NO/c1-2-5-13(6-3-1)11-16-15(8-9-17-16)14-7-4-10-18-12-14/h1-3,5-6,14-17H,4,7-12H2. The lowest BCUT2D eigenvalue weighted by Gasteiger charge is -2.31. The van der Waals surface area contributed by atoms with E-state index in [4.69, 9.17) is 4.74 Å². The Morgan fingerprint density at radius 1 is 1.17 bits per heavy atom. The summed E-state index contributed by atoms with van der Waals surface area (Å²) >= 11 is 0. The van der Waals surface area contributed by atoms with Crippen molar-refractivity contribution >= 4 is 0 Å². The fraction of sp³-hybridized carbons (Fsp3) is 0.625. The molecule has 0 aromatic heterocycles. The molecule has 0 bridgehead atoms. The van der Waals surface area contributed by atoms with E-state index >= 15 is 0 Å². The molecule has 1 aromatic carbocycles. The number of rotatable bonds is 3. The van der Waals surface area contributed by atoms with Crippen LogP contribution in [-0.4, -0.2) is 25.8 Å². The van der Waals surface area contributed by atoms with Gasteiger partial charge in [0.15, 0.2) is 0 Å². The quantitative estimate of drug-likeness (QED) is 0.884. The zero-order chi connectivity index (χ0) is 12.2. The van der Waals surface area contributed by atoms with Crippen molar-refractivity contribution in [2.24, 2.45) is 11.8 Å². The summed E-state index contributed by atoms with van der Waals surface area (Å²) in [6.45, 7) is 3.14. The maximum Gasteiger partial charge on any atom is 0.0497 e. The smallest absolute Gasteiger partial charge is 0.0497 e. The molecule has 98 valence electrons. The van der Waals surface area contributed by atoms with Gasteiger partial charge in [-0.3, -0.25) is 0 Å². The SMILES string of the molecule is c1ccc(CC2NCCC2C2CCCOC2)cc1. The molecule has 2 heterocycles. The van der Waals surface area contributed by atoms with E-state index in [0.29, 0.717) is 6.04 Å². The first-order chi connectivity index (χ1) is 8.93. The molecule has 2 nitrogen and oxygen atoms in total. The van der Waals surface area contributed by atoms with Crippen molar-refractivity contribution in [1.29, 1.82) is 0 Å². The van der Waals surface area contributed by atoms with Gasteiger partial charge in [-0.05, 0) is 49.6 Å². The van der Waals surface area contributed by atoms with Crippen LogP contribution >= 0.6 is 0 Å². The molecule has 3 atom stereocenters. The Kier molecular flexibility index (Phi) is 3.96. The van der Waals surface area contributed by atoms with Crippen LogP contribution in [0.15, 0.2) is 30.3 Å². The molecular formula is C16H23NO. The second-order valence-corrected chi connectivity index (χ2v) is 5.68. The van der Waals surface area contributed by atoms with Crippen LogP contribution in [0.2, 0.25) is 0 Å². The third kappa shape index (κ3) is 2.76. The van der Waals surface area contributed by atoms with Gasteiger partial charge in [0.05, 0.1) is 0 Å². The van der Waals surface area contributed by atoms with Crippen molar-refractivity contribution in [1.82, 2.24) is 5.32 Å². The van der Waals surface area contributed by atoms with Crippen molar-refractivity contribution in [2.45, 2.75) is 31.7 Å². The van der Waals surface area contributed by atoms with Gasteiger partial charge in [-0.2, -0.15) is 0 Å². The highest BCUT2D eigenvalue weighted by atomic mass is 16.5. The molecular weight excluding hydrogens is 222 g/mol. The monoisotopic (exact) mass is 245 g/mol. The van der Waals surface area contributed by atoms with E-state index in [1.165, 1.54) is 37.8 Å². The number of ether oxygens (including phenoxy) is 1. The minimum Gasteiger partial charge on any atom is -0.381 e. The Hall–Kier alpha value is -0.860. The average Bonchev–Trinajstić information content (AvgIpc) is 2.89. The Morgan fingerprint density at radius 3 is 2.83 bits per heavy atom. The molecule has 2 fully saturated rings.